The minimum atomic E-state index is -0.335. The maximum atomic E-state index is 12.3. The van der Waals surface area contributed by atoms with Gasteiger partial charge in [-0.2, -0.15) is 0 Å². The van der Waals surface area contributed by atoms with E-state index in [-0.39, 0.29) is 11.6 Å². The molecule has 0 saturated heterocycles. The zero-order valence-electron chi connectivity index (χ0n) is 15.8. The third kappa shape index (κ3) is 4.97. The molecule has 0 aliphatic heterocycles. The molecule has 7 heteroatoms. The number of ether oxygens (including phenoxy) is 2. The summed E-state index contributed by atoms with van der Waals surface area (Å²) in [5.41, 5.74) is 1.66. The van der Waals surface area contributed by atoms with Crippen LogP contribution in [0.15, 0.2) is 60.9 Å². The average Bonchev–Trinajstić information content (AvgIpc) is 2.72. The first-order valence-corrected chi connectivity index (χ1v) is 9.04. The third-order valence-electron chi connectivity index (χ3n) is 3.76. The Bertz CT molecular complexity index is 912. The molecule has 3 rings (SSSR count). The van der Waals surface area contributed by atoms with Gasteiger partial charge < -0.3 is 20.1 Å². The second-order valence-electron chi connectivity index (χ2n) is 5.75. The van der Waals surface area contributed by atoms with Gasteiger partial charge in [-0.3, -0.25) is 4.79 Å². The minimum Gasteiger partial charge on any atom is -0.494 e. The van der Waals surface area contributed by atoms with Crippen LogP contribution in [0.3, 0.4) is 0 Å². The fourth-order valence-electron chi connectivity index (χ4n) is 2.50. The smallest absolute Gasteiger partial charge is 0.275 e. The zero-order valence-corrected chi connectivity index (χ0v) is 15.8. The highest BCUT2D eigenvalue weighted by atomic mass is 16.5. The molecule has 0 bridgehead atoms. The fraction of sp³-hybridized carbons (Fsp3) is 0.190. The lowest BCUT2D eigenvalue weighted by Crippen LogP contribution is -2.14. The highest BCUT2D eigenvalue weighted by Gasteiger charge is 2.10. The number of rotatable bonds is 8. The van der Waals surface area contributed by atoms with E-state index in [0.717, 1.165) is 17.2 Å². The molecule has 0 aliphatic rings. The molecule has 144 valence electrons. The largest absolute Gasteiger partial charge is 0.494 e. The molecule has 0 fully saturated rings. The van der Waals surface area contributed by atoms with E-state index < -0.39 is 0 Å². The number of amides is 1. The maximum Gasteiger partial charge on any atom is 0.275 e. The number of carbonyl (C=O) groups excluding carboxylic acids is 1. The summed E-state index contributed by atoms with van der Waals surface area (Å²) < 4.78 is 11.0. The van der Waals surface area contributed by atoms with E-state index in [4.69, 9.17) is 9.47 Å². The number of carbonyl (C=O) groups is 1. The molecule has 1 heterocycles. The van der Waals surface area contributed by atoms with Gasteiger partial charge in [0.1, 0.15) is 23.0 Å². The van der Waals surface area contributed by atoms with Crippen LogP contribution in [0, 0.1) is 0 Å². The van der Waals surface area contributed by atoms with E-state index in [1.807, 2.05) is 38.1 Å². The van der Waals surface area contributed by atoms with Gasteiger partial charge in [0, 0.05) is 5.69 Å². The number of hydrogen-bond donors (Lipinski definition) is 2. The Hall–Kier alpha value is -3.61. The summed E-state index contributed by atoms with van der Waals surface area (Å²) >= 11 is 0. The van der Waals surface area contributed by atoms with Gasteiger partial charge in [-0.05, 0) is 50.2 Å². The van der Waals surface area contributed by atoms with Crippen molar-refractivity contribution in [1.29, 1.82) is 0 Å². The summed E-state index contributed by atoms with van der Waals surface area (Å²) in [6.45, 7) is 5.00. The van der Waals surface area contributed by atoms with Gasteiger partial charge in [-0.1, -0.05) is 12.1 Å². The second kappa shape index (κ2) is 9.36. The van der Waals surface area contributed by atoms with Crippen molar-refractivity contribution in [2.45, 2.75) is 13.8 Å². The van der Waals surface area contributed by atoms with E-state index in [1.165, 1.54) is 12.4 Å². The third-order valence-corrected chi connectivity index (χ3v) is 3.76. The molecule has 0 spiro atoms. The van der Waals surface area contributed by atoms with Gasteiger partial charge in [-0.25, -0.2) is 9.97 Å². The first-order chi connectivity index (χ1) is 13.7. The van der Waals surface area contributed by atoms with Crippen molar-refractivity contribution in [1.82, 2.24) is 9.97 Å². The number of aromatic nitrogens is 2. The van der Waals surface area contributed by atoms with E-state index in [0.29, 0.717) is 24.7 Å². The van der Waals surface area contributed by atoms with Crippen molar-refractivity contribution < 1.29 is 14.3 Å². The van der Waals surface area contributed by atoms with Crippen LogP contribution in [0.5, 0.6) is 11.5 Å². The first-order valence-electron chi connectivity index (χ1n) is 9.04. The van der Waals surface area contributed by atoms with Crippen LogP contribution in [-0.4, -0.2) is 29.1 Å². The van der Waals surface area contributed by atoms with Crippen LogP contribution in [0.1, 0.15) is 24.3 Å². The quantitative estimate of drug-likeness (QED) is 0.609. The summed E-state index contributed by atoms with van der Waals surface area (Å²) in [5, 5.41) is 5.93. The molecule has 3 aromatic rings. The fourth-order valence-corrected chi connectivity index (χ4v) is 2.50. The molecular weight excluding hydrogens is 356 g/mol. The van der Waals surface area contributed by atoms with Gasteiger partial charge in [0.15, 0.2) is 0 Å². The van der Waals surface area contributed by atoms with Crippen LogP contribution < -0.4 is 20.1 Å². The van der Waals surface area contributed by atoms with Crippen molar-refractivity contribution >= 4 is 23.1 Å². The first kappa shape index (κ1) is 19.2. The Morgan fingerprint density at radius 1 is 0.929 bits per heavy atom. The summed E-state index contributed by atoms with van der Waals surface area (Å²) in [4.78, 5) is 20.8. The van der Waals surface area contributed by atoms with Gasteiger partial charge in [0.25, 0.3) is 5.91 Å². The molecule has 0 radical (unpaired) electrons. The molecule has 0 aliphatic carbocycles. The molecule has 0 saturated carbocycles. The van der Waals surface area contributed by atoms with Crippen molar-refractivity contribution in [2.24, 2.45) is 0 Å². The summed E-state index contributed by atoms with van der Waals surface area (Å²) in [7, 11) is 0. The van der Waals surface area contributed by atoms with Crippen LogP contribution >= 0.6 is 0 Å². The van der Waals surface area contributed by atoms with Crippen LogP contribution in [0.2, 0.25) is 0 Å². The monoisotopic (exact) mass is 378 g/mol. The van der Waals surface area contributed by atoms with Gasteiger partial charge >= 0.3 is 0 Å². The Morgan fingerprint density at radius 3 is 2.36 bits per heavy atom. The Labute approximate surface area is 163 Å². The second-order valence-corrected chi connectivity index (χ2v) is 5.75. The zero-order chi connectivity index (χ0) is 19.8. The van der Waals surface area contributed by atoms with Crippen molar-refractivity contribution in [3.05, 3.63) is 66.6 Å². The SMILES string of the molecule is CCOc1ccc(NC(=O)c2cnc(Nc3ccccc3OCC)cn2)cc1. The molecule has 0 atom stereocenters. The molecule has 28 heavy (non-hydrogen) atoms. The van der Waals surface area contributed by atoms with E-state index in [9.17, 15) is 4.79 Å². The summed E-state index contributed by atoms with van der Waals surface area (Å²) in [5.74, 6) is 1.66. The van der Waals surface area contributed by atoms with Crippen LogP contribution in [0.4, 0.5) is 17.2 Å². The van der Waals surface area contributed by atoms with Gasteiger partial charge in [0.05, 0.1) is 31.3 Å². The predicted octanol–water partition coefficient (Wildman–Crippen LogP) is 4.27. The van der Waals surface area contributed by atoms with E-state index in [2.05, 4.69) is 20.6 Å². The Morgan fingerprint density at radius 2 is 1.68 bits per heavy atom. The molecular formula is C21H22N4O3. The lowest BCUT2D eigenvalue weighted by Gasteiger charge is -2.11. The normalized spacial score (nSPS) is 10.2. The molecule has 0 unspecified atom stereocenters. The standard InChI is InChI=1S/C21H22N4O3/c1-3-27-16-11-9-15(10-12-16)24-21(26)18-13-23-20(14-22-18)25-17-7-5-6-8-19(17)28-4-2/h5-14H,3-4H2,1-2H3,(H,23,25)(H,24,26). The summed E-state index contributed by atoms with van der Waals surface area (Å²) in [6.07, 6.45) is 2.94. The summed E-state index contributed by atoms with van der Waals surface area (Å²) in [6, 6.07) is 14.7. The predicted molar refractivity (Wildman–Crippen MR) is 108 cm³/mol. The number of nitrogens with one attached hydrogen (secondary N) is 2. The topological polar surface area (TPSA) is 85.4 Å². The van der Waals surface area contributed by atoms with Gasteiger partial charge in [0.2, 0.25) is 0 Å². The number of benzene rings is 2. The number of nitrogens with zero attached hydrogens (tertiary/aromatic N) is 2. The number of anilines is 3. The van der Waals surface area contributed by atoms with Crippen molar-refractivity contribution in [2.75, 3.05) is 23.8 Å². The molecule has 1 aromatic heterocycles. The van der Waals surface area contributed by atoms with Crippen molar-refractivity contribution in [3.63, 3.8) is 0 Å². The van der Waals surface area contributed by atoms with Crippen LogP contribution in [0.25, 0.3) is 0 Å². The Balaban J connectivity index is 1.64. The van der Waals surface area contributed by atoms with Gasteiger partial charge in [-0.15, -0.1) is 0 Å². The lowest BCUT2D eigenvalue weighted by atomic mass is 10.3. The molecule has 7 nitrogen and oxygen atoms in total. The highest BCUT2D eigenvalue weighted by molar-refractivity contribution is 6.02. The van der Waals surface area contributed by atoms with Crippen LogP contribution in [-0.2, 0) is 0 Å². The Kier molecular flexibility index (Phi) is 6.41. The molecule has 1 amide bonds. The van der Waals surface area contributed by atoms with E-state index >= 15 is 0 Å². The van der Waals surface area contributed by atoms with Crippen molar-refractivity contribution in [3.8, 4) is 11.5 Å². The lowest BCUT2D eigenvalue weighted by molar-refractivity contribution is 0.102. The average molecular weight is 378 g/mol. The molecule has 2 N–H and O–H groups in total. The minimum absolute atomic E-state index is 0.220. The number of hydrogen-bond acceptors (Lipinski definition) is 6. The van der Waals surface area contributed by atoms with E-state index in [1.54, 1.807) is 24.3 Å². The molecule has 2 aromatic carbocycles. The number of para-hydroxylation sites is 2. The highest BCUT2D eigenvalue weighted by Crippen LogP contribution is 2.26. The maximum absolute atomic E-state index is 12.3.